The monoisotopic (exact) mass is 252 g/mol. The summed E-state index contributed by atoms with van der Waals surface area (Å²) < 4.78 is 1.57. The van der Waals surface area contributed by atoms with Crippen LogP contribution >= 0.6 is 0 Å². The summed E-state index contributed by atoms with van der Waals surface area (Å²) in [7, 11) is 0. The Morgan fingerprint density at radius 3 is 2.83 bits per heavy atom. The Hall–Kier alpha value is -1.56. The van der Waals surface area contributed by atoms with Crippen LogP contribution < -0.4 is 11.1 Å². The van der Waals surface area contributed by atoms with Gasteiger partial charge in [-0.2, -0.15) is 5.10 Å². The van der Waals surface area contributed by atoms with Gasteiger partial charge in [0.15, 0.2) is 0 Å². The van der Waals surface area contributed by atoms with Gasteiger partial charge in [0.1, 0.15) is 5.69 Å². The van der Waals surface area contributed by atoms with Gasteiger partial charge in [0.25, 0.3) is 5.91 Å². The number of nitrogens with zero attached hydrogens (tertiary/aromatic N) is 2. The first-order valence-electron chi connectivity index (χ1n) is 6.36. The molecule has 1 aliphatic rings. The molecule has 1 aliphatic carbocycles. The molecule has 0 aliphatic heterocycles. The van der Waals surface area contributed by atoms with Gasteiger partial charge in [-0.05, 0) is 19.8 Å². The number of amides is 1. The van der Waals surface area contributed by atoms with Crippen LogP contribution in [0.4, 0.5) is 5.69 Å². The number of hydrogen-bond acceptors (Lipinski definition) is 4. The van der Waals surface area contributed by atoms with E-state index in [4.69, 9.17) is 5.73 Å². The van der Waals surface area contributed by atoms with Gasteiger partial charge in [0, 0.05) is 6.54 Å². The minimum atomic E-state index is -0.480. The maximum atomic E-state index is 12.3. The fourth-order valence-electron chi connectivity index (χ4n) is 2.56. The molecular weight excluding hydrogens is 232 g/mol. The van der Waals surface area contributed by atoms with Crippen molar-refractivity contribution in [2.45, 2.75) is 44.7 Å². The third-order valence-corrected chi connectivity index (χ3v) is 3.62. The Kier molecular flexibility index (Phi) is 3.56. The summed E-state index contributed by atoms with van der Waals surface area (Å²) in [4.78, 5) is 12.3. The van der Waals surface area contributed by atoms with Crippen LogP contribution in [0.15, 0.2) is 6.20 Å². The number of aromatic nitrogens is 2. The maximum absolute atomic E-state index is 12.3. The molecule has 4 N–H and O–H groups in total. The van der Waals surface area contributed by atoms with Crippen LogP contribution in [0.25, 0.3) is 0 Å². The Morgan fingerprint density at radius 1 is 1.61 bits per heavy atom. The van der Waals surface area contributed by atoms with Crippen molar-refractivity contribution in [3.05, 3.63) is 11.9 Å². The molecule has 1 fully saturated rings. The van der Waals surface area contributed by atoms with Gasteiger partial charge in [-0.25, -0.2) is 0 Å². The van der Waals surface area contributed by atoms with E-state index in [0.29, 0.717) is 17.9 Å². The second-order valence-corrected chi connectivity index (χ2v) is 4.86. The Morgan fingerprint density at radius 2 is 2.28 bits per heavy atom. The summed E-state index contributed by atoms with van der Waals surface area (Å²) in [6, 6.07) is 0. The molecule has 0 atom stereocenters. The quantitative estimate of drug-likeness (QED) is 0.728. The minimum absolute atomic E-state index is 0.0289. The zero-order valence-corrected chi connectivity index (χ0v) is 10.6. The van der Waals surface area contributed by atoms with Crippen molar-refractivity contribution < 1.29 is 9.90 Å². The summed E-state index contributed by atoms with van der Waals surface area (Å²) in [6.45, 7) is 2.46. The summed E-state index contributed by atoms with van der Waals surface area (Å²) in [5.41, 5.74) is 6.05. The zero-order valence-electron chi connectivity index (χ0n) is 10.6. The molecule has 6 nitrogen and oxygen atoms in total. The number of aliphatic hydroxyl groups is 1. The van der Waals surface area contributed by atoms with Crippen molar-refractivity contribution in [1.82, 2.24) is 15.1 Å². The molecule has 1 saturated carbocycles. The van der Waals surface area contributed by atoms with Crippen molar-refractivity contribution in [1.29, 1.82) is 0 Å². The number of nitrogens with two attached hydrogens (primary N) is 1. The van der Waals surface area contributed by atoms with Gasteiger partial charge < -0.3 is 16.2 Å². The van der Waals surface area contributed by atoms with Crippen molar-refractivity contribution >= 4 is 11.6 Å². The largest absolute Gasteiger partial charge is 0.396 e. The van der Waals surface area contributed by atoms with Crippen LogP contribution in [-0.4, -0.2) is 32.9 Å². The van der Waals surface area contributed by atoms with Crippen molar-refractivity contribution in [2.24, 2.45) is 0 Å². The van der Waals surface area contributed by atoms with Gasteiger partial charge in [0.2, 0.25) is 0 Å². The number of aryl methyl sites for hydroxylation is 1. The standard InChI is InChI=1S/C12H20N4O2/c1-2-16-10(9(13)7-14-16)11(18)15-12(8-17)5-3-4-6-12/h7,17H,2-6,8,13H2,1H3,(H,15,18). The SMILES string of the molecule is CCn1ncc(N)c1C(=O)NC1(CO)CCCC1. The third-order valence-electron chi connectivity index (χ3n) is 3.62. The van der Waals surface area contributed by atoms with Gasteiger partial charge in [0.05, 0.1) is 24.0 Å². The smallest absolute Gasteiger partial charge is 0.272 e. The molecule has 0 radical (unpaired) electrons. The fraction of sp³-hybridized carbons (Fsp3) is 0.667. The third kappa shape index (κ3) is 2.20. The number of hydrogen-bond donors (Lipinski definition) is 3. The summed E-state index contributed by atoms with van der Waals surface area (Å²) in [6.07, 6.45) is 5.18. The van der Waals surface area contributed by atoms with Gasteiger partial charge in [-0.1, -0.05) is 12.8 Å². The maximum Gasteiger partial charge on any atom is 0.272 e. The molecule has 1 heterocycles. The van der Waals surface area contributed by atoms with Gasteiger partial charge in [-0.3, -0.25) is 9.48 Å². The molecule has 18 heavy (non-hydrogen) atoms. The molecule has 6 heteroatoms. The van der Waals surface area contributed by atoms with E-state index in [9.17, 15) is 9.90 Å². The molecule has 1 aromatic rings. The lowest BCUT2D eigenvalue weighted by Gasteiger charge is -2.28. The van der Waals surface area contributed by atoms with Gasteiger partial charge in [-0.15, -0.1) is 0 Å². The Balaban J connectivity index is 2.18. The van der Waals surface area contributed by atoms with Crippen LogP contribution in [0.3, 0.4) is 0 Å². The minimum Gasteiger partial charge on any atom is -0.396 e. The fourth-order valence-corrected chi connectivity index (χ4v) is 2.56. The van der Waals surface area contributed by atoms with E-state index in [0.717, 1.165) is 25.7 Å². The highest BCUT2D eigenvalue weighted by Crippen LogP contribution is 2.29. The van der Waals surface area contributed by atoms with Crippen molar-refractivity contribution in [2.75, 3.05) is 12.3 Å². The average molecular weight is 252 g/mol. The topological polar surface area (TPSA) is 93.2 Å². The molecule has 0 saturated heterocycles. The number of carbonyl (C=O) groups excluding carboxylic acids is 1. The molecule has 0 bridgehead atoms. The number of aliphatic hydroxyl groups excluding tert-OH is 1. The predicted molar refractivity (Wildman–Crippen MR) is 68.1 cm³/mol. The van der Waals surface area contributed by atoms with Crippen LogP contribution in [0.5, 0.6) is 0 Å². The van der Waals surface area contributed by atoms with Crippen molar-refractivity contribution in [3.63, 3.8) is 0 Å². The first-order valence-corrected chi connectivity index (χ1v) is 6.36. The highest BCUT2D eigenvalue weighted by Gasteiger charge is 2.35. The molecular formula is C12H20N4O2. The second-order valence-electron chi connectivity index (χ2n) is 4.86. The van der Waals surface area contributed by atoms with Crippen LogP contribution in [-0.2, 0) is 6.54 Å². The lowest BCUT2D eigenvalue weighted by Crippen LogP contribution is -2.49. The zero-order chi connectivity index (χ0) is 13.2. The Labute approximate surface area is 106 Å². The number of anilines is 1. The average Bonchev–Trinajstić information content (AvgIpc) is 2.96. The predicted octanol–water partition coefficient (Wildman–Crippen LogP) is 0.520. The Bertz CT molecular complexity index is 435. The van der Waals surface area contributed by atoms with E-state index in [1.807, 2.05) is 6.92 Å². The second kappa shape index (κ2) is 4.97. The molecule has 2 rings (SSSR count). The van der Waals surface area contributed by atoms with E-state index >= 15 is 0 Å². The van der Waals surface area contributed by atoms with E-state index in [1.54, 1.807) is 4.68 Å². The molecule has 0 unspecified atom stereocenters. The van der Waals surface area contributed by atoms with Crippen LogP contribution in [0.1, 0.15) is 43.1 Å². The van der Waals surface area contributed by atoms with Crippen LogP contribution in [0, 0.1) is 0 Å². The number of nitrogen functional groups attached to an aromatic ring is 1. The molecule has 0 aromatic carbocycles. The number of nitrogens with one attached hydrogen (secondary N) is 1. The first-order chi connectivity index (χ1) is 8.62. The van der Waals surface area contributed by atoms with Gasteiger partial charge >= 0.3 is 0 Å². The number of carbonyl (C=O) groups is 1. The summed E-state index contributed by atoms with van der Waals surface area (Å²) in [5, 5.41) is 16.5. The molecule has 0 spiro atoms. The number of rotatable bonds is 4. The van der Waals surface area contributed by atoms with E-state index in [2.05, 4.69) is 10.4 Å². The summed E-state index contributed by atoms with van der Waals surface area (Å²) in [5.74, 6) is -0.247. The normalized spacial score (nSPS) is 17.9. The lowest BCUT2D eigenvalue weighted by molar-refractivity contribution is 0.0828. The highest BCUT2D eigenvalue weighted by atomic mass is 16.3. The summed E-state index contributed by atoms with van der Waals surface area (Å²) >= 11 is 0. The van der Waals surface area contributed by atoms with E-state index < -0.39 is 5.54 Å². The first kappa shape index (κ1) is 12.9. The molecule has 100 valence electrons. The van der Waals surface area contributed by atoms with E-state index in [-0.39, 0.29) is 12.5 Å². The van der Waals surface area contributed by atoms with Crippen LogP contribution in [0.2, 0.25) is 0 Å². The van der Waals surface area contributed by atoms with Crippen molar-refractivity contribution in [3.8, 4) is 0 Å². The molecule has 1 aromatic heterocycles. The lowest BCUT2D eigenvalue weighted by atomic mass is 9.98. The molecule has 1 amide bonds. The highest BCUT2D eigenvalue weighted by molar-refractivity contribution is 5.97. The van der Waals surface area contributed by atoms with E-state index in [1.165, 1.54) is 6.20 Å².